The van der Waals surface area contributed by atoms with Gasteiger partial charge in [-0.15, -0.1) is 0 Å². The molecule has 0 N–H and O–H groups in total. The average Bonchev–Trinajstić information content (AvgIpc) is 2.38. The first-order valence-electron chi connectivity index (χ1n) is 6.08. The second kappa shape index (κ2) is 6.89. The Kier molecular flexibility index (Phi) is 5.49. The van der Waals surface area contributed by atoms with Crippen LogP contribution >= 0.6 is 0 Å². The number of carbonyl (C=O) groups is 1. The average molecular weight is 251 g/mol. The molecule has 1 rings (SSSR count). The van der Waals surface area contributed by atoms with Crippen LogP contribution in [0.2, 0.25) is 0 Å². The fourth-order valence-corrected chi connectivity index (χ4v) is 1.81. The predicted octanol–water partition coefficient (Wildman–Crippen LogP) is 2.46. The Balaban J connectivity index is 2.91. The zero-order valence-corrected chi connectivity index (χ0v) is 11.5. The molecule has 0 aliphatic heterocycles. The summed E-state index contributed by atoms with van der Waals surface area (Å²) in [4.78, 5) is 13.3. The zero-order valence-electron chi connectivity index (χ0n) is 11.5. The molecule has 0 spiro atoms. The summed E-state index contributed by atoms with van der Waals surface area (Å²) in [5.74, 6) is 1.58. The first-order valence-corrected chi connectivity index (χ1v) is 6.08. The Morgan fingerprint density at radius 2 is 2.00 bits per heavy atom. The van der Waals surface area contributed by atoms with Crippen LogP contribution in [0, 0.1) is 0 Å². The summed E-state index contributed by atoms with van der Waals surface area (Å²) in [6.07, 6.45) is 0.943. The lowest BCUT2D eigenvalue weighted by Gasteiger charge is -2.21. The minimum Gasteiger partial charge on any atom is -0.497 e. The molecule has 0 bridgehead atoms. The molecule has 100 valence electrons. The summed E-state index contributed by atoms with van der Waals surface area (Å²) in [5.41, 5.74) is 0.988. The molecule has 0 aliphatic rings. The van der Waals surface area contributed by atoms with E-state index in [0.717, 1.165) is 30.0 Å². The van der Waals surface area contributed by atoms with Gasteiger partial charge in [0.05, 0.1) is 14.2 Å². The minimum atomic E-state index is 0.0784. The van der Waals surface area contributed by atoms with Crippen molar-refractivity contribution in [3.05, 3.63) is 23.8 Å². The fraction of sp³-hybridized carbons (Fsp3) is 0.500. The number of amides is 1. The molecule has 0 atom stereocenters. The quantitative estimate of drug-likeness (QED) is 0.779. The van der Waals surface area contributed by atoms with Crippen molar-refractivity contribution in [2.45, 2.75) is 26.8 Å². The molecule has 0 aromatic heterocycles. The Labute approximate surface area is 108 Å². The lowest BCUT2D eigenvalue weighted by atomic mass is 10.1. The predicted molar refractivity (Wildman–Crippen MR) is 70.9 cm³/mol. The molecular weight excluding hydrogens is 230 g/mol. The summed E-state index contributed by atoms with van der Waals surface area (Å²) in [5, 5.41) is 0. The minimum absolute atomic E-state index is 0.0784. The third kappa shape index (κ3) is 3.65. The van der Waals surface area contributed by atoms with Gasteiger partial charge >= 0.3 is 0 Å². The molecule has 18 heavy (non-hydrogen) atoms. The van der Waals surface area contributed by atoms with Gasteiger partial charge in [-0.25, -0.2) is 0 Å². The molecule has 4 heteroatoms. The summed E-state index contributed by atoms with van der Waals surface area (Å²) < 4.78 is 10.5. The van der Waals surface area contributed by atoms with Crippen molar-refractivity contribution in [2.75, 3.05) is 20.8 Å². The molecule has 1 amide bonds. The van der Waals surface area contributed by atoms with E-state index in [1.165, 1.54) is 0 Å². The van der Waals surface area contributed by atoms with Crippen LogP contribution in [-0.2, 0) is 11.3 Å². The molecule has 0 saturated heterocycles. The Hall–Kier alpha value is -1.71. The third-order valence-corrected chi connectivity index (χ3v) is 2.79. The second-order valence-corrected chi connectivity index (χ2v) is 4.12. The molecule has 1 aromatic rings. The number of rotatable bonds is 6. The van der Waals surface area contributed by atoms with Gasteiger partial charge in [-0.2, -0.15) is 0 Å². The largest absolute Gasteiger partial charge is 0.497 e. The van der Waals surface area contributed by atoms with Gasteiger partial charge < -0.3 is 14.4 Å². The Morgan fingerprint density at radius 3 is 2.50 bits per heavy atom. The third-order valence-electron chi connectivity index (χ3n) is 2.79. The molecule has 0 saturated carbocycles. The van der Waals surface area contributed by atoms with Gasteiger partial charge in [0.15, 0.2) is 0 Å². The van der Waals surface area contributed by atoms with Crippen molar-refractivity contribution in [1.82, 2.24) is 4.90 Å². The SMILES string of the molecule is CCCN(Cc1ccc(OC)cc1OC)C(C)=O. The van der Waals surface area contributed by atoms with Gasteiger partial charge in [0.1, 0.15) is 11.5 Å². The number of hydrogen-bond acceptors (Lipinski definition) is 3. The van der Waals surface area contributed by atoms with E-state index in [2.05, 4.69) is 6.92 Å². The van der Waals surface area contributed by atoms with Crippen LogP contribution in [0.3, 0.4) is 0 Å². The van der Waals surface area contributed by atoms with Gasteiger partial charge in [-0.3, -0.25) is 4.79 Å². The maximum Gasteiger partial charge on any atom is 0.219 e. The lowest BCUT2D eigenvalue weighted by molar-refractivity contribution is -0.129. The number of nitrogens with zero attached hydrogens (tertiary/aromatic N) is 1. The summed E-state index contributed by atoms with van der Waals surface area (Å²) in [6, 6.07) is 5.64. The van der Waals surface area contributed by atoms with Gasteiger partial charge in [0, 0.05) is 31.6 Å². The molecule has 0 aliphatic carbocycles. The van der Waals surface area contributed by atoms with Crippen molar-refractivity contribution in [2.24, 2.45) is 0 Å². The van der Waals surface area contributed by atoms with E-state index in [-0.39, 0.29) is 5.91 Å². The zero-order chi connectivity index (χ0) is 13.5. The van der Waals surface area contributed by atoms with Crippen LogP contribution in [0.15, 0.2) is 18.2 Å². The van der Waals surface area contributed by atoms with E-state index in [9.17, 15) is 4.79 Å². The van der Waals surface area contributed by atoms with Crippen LogP contribution < -0.4 is 9.47 Å². The van der Waals surface area contributed by atoms with Gasteiger partial charge in [-0.05, 0) is 18.6 Å². The Bertz CT molecular complexity index is 404. The Morgan fingerprint density at radius 1 is 1.28 bits per heavy atom. The van der Waals surface area contributed by atoms with Crippen LogP contribution in [0.25, 0.3) is 0 Å². The highest BCUT2D eigenvalue weighted by molar-refractivity contribution is 5.73. The van der Waals surface area contributed by atoms with Crippen molar-refractivity contribution < 1.29 is 14.3 Å². The molecule has 1 aromatic carbocycles. The van der Waals surface area contributed by atoms with Gasteiger partial charge in [0.2, 0.25) is 5.91 Å². The highest BCUT2D eigenvalue weighted by atomic mass is 16.5. The number of methoxy groups -OCH3 is 2. The van der Waals surface area contributed by atoms with Crippen LogP contribution in [-0.4, -0.2) is 31.6 Å². The van der Waals surface area contributed by atoms with E-state index in [4.69, 9.17) is 9.47 Å². The van der Waals surface area contributed by atoms with E-state index in [1.807, 2.05) is 23.1 Å². The van der Waals surface area contributed by atoms with Gasteiger partial charge in [0.25, 0.3) is 0 Å². The first-order chi connectivity index (χ1) is 8.62. The summed E-state index contributed by atoms with van der Waals surface area (Å²) >= 11 is 0. The molecular formula is C14H21NO3. The first kappa shape index (κ1) is 14.4. The number of hydrogen-bond donors (Lipinski definition) is 0. The summed E-state index contributed by atoms with van der Waals surface area (Å²) in [7, 11) is 3.24. The normalized spacial score (nSPS) is 10.0. The van der Waals surface area contributed by atoms with E-state index >= 15 is 0 Å². The van der Waals surface area contributed by atoms with Crippen LogP contribution in [0.4, 0.5) is 0 Å². The number of benzene rings is 1. The van der Waals surface area contributed by atoms with Gasteiger partial charge in [-0.1, -0.05) is 6.92 Å². The monoisotopic (exact) mass is 251 g/mol. The van der Waals surface area contributed by atoms with Crippen molar-refractivity contribution in [3.8, 4) is 11.5 Å². The maximum absolute atomic E-state index is 11.5. The second-order valence-electron chi connectivity index (χ2n) is 4.12. The number of carbonyl (C=O) groups excluding carboxylic acids is 1. The standard InChI is InChI=1S/C14H21NO3/c1-5-8-15(11(2)16)10-12-6-7-13(17-3)9-14(12)18-4/h6-7,9H,5,8,10H2,1-4H3. The maximum atomic E-state index is 11.5. The topological polar surface area (TPSA) is 38.8 Å². The van der Waals surface area contributed by atoms with Crippen molar-refractivity contribution in [3.63, 3.8) is 0 Å². The van der Waals surface area contributed by atoms with E-state index in [1.54, 1.807) is 21.1 Å². The fourth-order valence-electron chi connectivity index (χ4n) is 1.81. The highest BCUT2D eigenvalue weighted by Gasteiger charge is 2.12. The molecule has 4 nitrogen and oxygen atoms in total. The molecule has 0 fully saturated rings. The molecule has 0 unspecified atom stereocenters. The van der Waals surface area contributed by atoms with Crippen molar-refractivity contribution in [1.29, 1.82) is 0 Å². The van der Waals surface area contributed by atoms with Crippen LogP contribution in [0.5, 0.6) is 11.5 Å². The van der Waals surface area contributed by atoms with Crippen molar-refractivity contribution >= 4 is 5.91 Å². The smallest absolute Gasteiger partial charge is 0.219 e. The lowest BCUT2D eigenvalue weighted by Crippen LogP contribution is -2.29. The number of ether oxygens (including phenoxy) is 2. The highest BCUT2D eigenvalue weighted by Crippen LogP contribution is 2.25. The van der Waals surface area contributed by atoms with Crippen LogP contribution in [0.1, 0.15) is 25.8 Å². The molecule has 0 heterocycles. The molecule has 0 radical (unpaired) electrons. The van der Waals surface area contributed by atoms with E-state index in [0.29, 0.717) is 6.54 Å². The summed E-state index contributed by atoms with van der Waals surface area (Å²) in [6.45, 7) is 4.97. The van der Waals surface area contributed by atoms with E-state index < -0.39 is 0 Å².